The number of carbonyl (C=O) groups is 2. The molecule has 2 N–H and O–H groups in total. The zero-order chi connectivity index (χ0) is 23.9. The van der Waals surface area contributed by atoms with Crippen molar-refractivity contribution in [3.63, 3.8) is 0 Å². The van der Waals surface area contributed by atoms with Gasteiger partial charge in [-0.25, -0.2) is 9.59 Å². The Morgan fingerprint density at radius 2 is 1.44 bits per heavy atom. The average Bonchev–Trinajstić information content (AvgIpc) is 2.81. The van der Waals surface area contributed by atoms with Crippen LogP contribution in [0, 0.1) is 11.3 Å². The SMILES string of the molecule is COC(=O)OCCN(CCOC(=O)OC)c1ccccc1.N#Cc1cc(Br)c(N)c(Br)c1. The van der Waals surface area contributed by atoms with Gasteiger partial charge in [0.05, 0.1) is 44.6 Å². The first kappa shape index (κ1) is 27.1. The highest BCUT2D eigenvalue weighted by atomic mass is 79.9. The third-order valence-electron chi connectivity index (χ3n) is 3.83. The van der Waals surface area contributed by atoms with E-state index in [9.17, 15) is 9.59 Å². The molecule has 0 aliphatic heterocycles. The van der Waals surface area contributed by atoms with Gasteiger partial charge >= 0.3 is 12.3 Å². The van der Waals surface area contributed by atoms with Crippen molar-refractivity contribution >= 4 is 55.5 Å². The van der Waals surface area contributed by atoms with Gasteiger partial charge in [0.25, 0.3) is 0 Å². The van der Waals surface area contributed by atoms with Crippen LogP contribution in [0.2, 0.25) is 0 Å². The maximum atomic E-state index is 10.9. The molecule has 0 atom stereocenters. The monoisotopic (exact) mass is 571 g/mol. The molecular weight excluding hydrogens is 550 g/mol. The van der Waals surface area contributed by atoms with E-state index in [-0.39, 0.29) is 13.2 Å². The van der Waals surface area contributed by atoms with Crippen LogP contribution in [0.1, 0.15) is 5.56 Å². The van der Waals surface area contributed by atoms with Gasteiger partial charge in [-0.1, -0.05) is 18.2 Å². The molecule has 9 nitrogen and oxygen atoms in total. The van der Waals surface area contributed by atoms with E-state index in [1.165, 1.54) is 14.2 Å². The van der Waals surface area contributed by atoms with Gasteiger partial charge in [0.1, 0.15) is 13.2 Å². The smallest absolute Gasteiger partial charge is 0.438 e. The van der Waals surface area contributed by atoms with Crippen molar-refractivity contribution in [2.75, 3.05) is 51.2 Å². The molecule has 0 aliphatic carbocycles. The second-order valence-corrected chi connectivity index (χ2v) is 7.60. The maximum absolute atomic E-state index is 10.9. The van der Waals surface area contributed by atoms with E-state index in [4.69, 9.17) is 20.5 Å². The molecule has 0 spiro atoms. The van der Waals surface area contributed by atoms with Crippen molar-refractivity contribution in [2.45, 2.75) is 0 Å². The van der Waals surface area contributed by atoms with Gasteiger partial charge in [-0.15, -0.1) is 0 Å². The fourth-order valence-corrected chi connectivity index (χ4v) is 3.44. The molecule has 0 aromatic heterocycles. The number of methoxy groups -OCH3 is 2. The van der Waals surface area contributed by atoms with Crippen LogP contribution in [0.5, 0.6) is 0 Å². The first-order valence-electron chi connectivity index (χ1n) is 9.18. The summed E-state index contributed by atoms with van der Waals surface area (Å²) in [4.78, 5) is 23.8. The molecule has 2 rings (SSSR count). The van der Waals surface area contributed by atoms with Gasteiger partial charge < -0.3 is 29.6 Å². The molecule has 0 saturated heterocycles. The number of nitrogen functional groups attached to an aromatic ring is 1. The minimum absolute atomic E-state index is 0.166. The quantitative estimate of drug-likeness (QED) is 0.370. The number of nitrogens with two attached hydrogens (primary N) is 1. The number of hydrogen-bond acceptors (Lipinski definition) is 9. The molecule has 0 radical (unpaired) electrons. The molecule has 2 aromatic carbocycles. The second-order valence-electron chi connectivity index (χ2n) is 5.89. The lowest BCUT2D eigenvalue weighted by molar-refractivity contribution is 0.0717. The number of nitrogens with zero attached hydrogens (tertiary/aromatic N) is 2. The van der Waals surface area contributed by atoms with Crippen LogP contribution in [0.25, 0.3) is 0 Å². The number of anilines is 2. The number of benzene rings is 2. The van der Waals surface area contributed by atoms with E-state index in [1.807, 2.05) is 41.3 Å². The lowest BCUT2D eigenvalue weighted by Crippen LogP contribution is -2.32. The molecule has 0 heterocycles. The van der Waals surface area contributed by atoms with Crippen molar-refractivity contribution in [3.8, 4) is 6.07 Å². The summed E-state index contributed by atoms with van der Waals surface area (Å²) in [5, 5.41) is 8.54. The highest BCUT2D eigenvalue weighted by molar-refractivity contribution is 9.11. The number of rotatable bonds is 7. The normalized spacial score (nSPS) is 9.47. The molecular formula is C21H23Br2N3O6. The Kier molecular flexibility index (Phi) is 12.6. The Labute approximate surface area is 203 Å². The largest absolute Gasteiger partial charge is 0.508 e. The van der Waals surface area contributed by atoms with Crippen molar-refractivity contribution in [1.82, 2.24) is 0 Å². The van der Waals surface area contributed by atoms with Crippen LogP contribution >= 0.6 is 31.9 Å². The molecule has 0 aliphatic rings. The zero-order valence-corrected chi connectivity index (χ0v) is 20.7. The van der Waals surface area contributed by atoms with E-state index >= 15 is 0 Å². The van der Waals surface area contributed by atoms with Gasteiger partial charge in [0.15, 0.2) is 0 Å². The van der Waals surface area contributed by atoms with Crippen molar-refractivity contribution in [3.05, 3.63) is 57.0 Å². The third kappa shape index (κ3) is 9.89. The summed E-state index contributed by atoms with van der Waals surface area (Å²) < 4.78 is 20.0. The van der Waals surface area contributed by atoms with Gasteiger partial charge in [-0.3, -0.25) is 0 Å². The summed E-state index contributed by atoms with van der Waals surface area (Å²) in [6.45, 7) is 1.23. The molecule has 0 bridgehead atoms. The molecule has 172 valence electrons. The highest BCUT2D eigenvalue weighted by Gasteiger charge is 2.10. The van der Waals surface area contributed by atoms with Gasteiger partial charge in [-0.05, 0) is 56.1 Å². The van der Waals surface area contributed by atoms with E-state index in [0.717, 1.165) is 14.6 Å². The summed E-state index contributed by atoms with van der Waals surface area (Å²) >= 11 is 6.46. The van der Waals surface area contributed by atoms with E-state index in [2.05, 4.69) is 41.3 Å². The Balaban J connectivity index is 0.000000389. The summed E-state index contributed by atoms with van der Waals surface area (Å²) in [7, 11) is 2.50. The maximum Gasteiger partial charge on any atom is 0.508 e. The molecule has 0 unspecified atom stereocenters. The van der Waals surface area contributed by atoms with E-state index < -0.39 is 12.3 Å². The summed E-state index contributed by atoms with van der Waals surface area (Å²) in [5.74, 6) is 0. The topological polar surface area (TPSA) is 124 Å². The van der Waals surface area contributed by atoms with Crippen LogP contribution in [0.4, 0.5) is 21.0 Å². The minimum atomic E-state index is -0.728. The average molecular weight is 573 g/mol. The Bertz CT molecular complexity index is 876. The summed E-state index contributed by atoms with van der Waals surface area (Å²) in [5.41, 5.74) is 7.73. The Morgan fingerprint density at radius 3 is 1.84 bits per heavy atom. The first-order valence-corrected chi connectivity index (χ1v) is 10.8. The predicted molar refractivity (Wildman–Crippen MR) is 126 cm³/mol. The Hall–Kier alpha value is -2.97. The van der Waals surface area contributed by atoms with Crippen molar-refractivity contribution < 1.29 is 28.5 Å². The van der Waals surface area contributed by atoms with Crippen LogP contribution in [0.15, 0.2) is 51.4 Å². The number of carbonyl (C=O) groups excluding carboxylic acids is 2. The second kappa shape index (κ2) is 14.9. The number of para-hydroxylation sites is 1. The van der Waals surface area contributed by atoms with E-state index in [0.29, 0.717) is 24.3 Å². The highest BCUT2D eigenvalue weighted by Crippen LogP contribution is 2.29. The van der Waals surface area contributed by atoms with Gasteiger partial charge in [0, 0.05) is 14.6 Å². The van der Waals surface area contributed by atoms with Gasteiger partial charge in [0.2, 0.25) is 0 Å². The minimum Gasteiger partial charge on any atom is -0.438 e. The van der Waals surface area contributed by atoms with Crippen LogP contribution < -0.4 is 10.6 Å². The fourth-order valence-electron chi connectivity index (χ4n) is 2.25. The first-order chi connectivity index (χ1) is 15.3. The van der Waals surface area contributed by atoms with E-state index in [1.54, 1.807) is 12.1 Å². The summed E-state index contributed by atoms with van der Waals surface area (Å²) in [6, 6.07) is 14.9. The van der Waals surface area contributed by atoms with Crippen LogP contribution in [-0.2, 0) is 18.9 Å². The number of ether oxygens (including phenoxy) is 4. The lowest BCUT2D eigenvalue weighted by atomic mass is 10.2. The molecule has 0 fully saturated rings. The van der Waals surface area contributed by atoms with Crippen LogP contribution in [0.3, 0.4) is 0 Å². The lowest BCUT2D eigenvalue weighted by Gasteiger charge is -2.24. The molecule has 0 saturated carbocycles. The number of nitriles is 1. The molecule has 32 heavy (non-hydrogen) atoms. The number of hydrogen-bond donors (Lipinski definition) is 1. The third-order valence-corrected chi connectivity index (χ3v) is 5.14. The standard InChI is InChI=1S/C14H19NO6.C7H4Br2N2/c1-18-13(16)20-10-8-15(9-11-21-14(17)19-2)12-6-4-3-5-7-12;8-5-1-4(3-10)2-6(9)7(5)11/h3-7H,8-11H2,1-2H3;1-2H,11H2. The molecule has 11 heteroatoms. The fraction of sp³-hybridized carbons (Fsp3) is 0.286. The van der Waals surface area contributed by atoms with Crippen molar-refractivity contribution in [2.24, 2.45) is 0 Å². The predicted octanol–water partition coefficient (Wildman–Crippen LogP) is 4.72. The zero-order valence-electron chi connectivity index (χ0n) is 17.5. The summed E-state index contributed by atoms with van der Waals surface area (Å²) in [6.07, 6.45) is -1.46. The number of halogens is 2. The molecule has 0 amide bonds. The van der Waals surface area contributed by atoms with Crippen molar-refractivity contribution in [1.29, 1.82) is 5.26 Å². The van der Waals surface area contributed by atoms with Crippen LogP contribution in [-0.4, -0.2) is 52.8 Å². The van der Waals surface area contributed by atoms with Gasteiger partial charge in [-0.2, -0.15) is 5.26 Å². The Morgan fingerprint density at radius 1 is 0.969 bits per heavy atom. The molecule has 2 aromatic rings.